The number of likely N-dealkylation sites (N-methyl/N-ethyl adjacent to an activating group) is 1. The number of hydrogen-bond acceptors (Lipinski definition) is 9. The van der Waals surface area contributed by atoms with Crippen LogP contribution in [0.1, 0.15) is 155 Å². The molecule has 58 heavy (non-hydrogen) atoms. The molecule has 0 aliphatic carbocycles. The molecule has 0 saturated carbocycles. The molecule has 0 aliphatic heterocycles. The van der Waals surface area contributed by atoms with Crippen LogP contribution in [0.3, 0.4) is 0 Å². The van der Waals surface area contributed by atoms with Crippen molar-refractivity contribution >= 4 is 19.8 Å². The third-order valence-corrected chi connectivity index (χ3v) is 10.2. The number of carbonyl (C=O) groups is 2. The molecule has 0 aromatic carbocycles. The molecule has 0 fully saturated rings. The van der Waals surface area contributed by atoms with Crippen molar-refractivity contribution in [1.29, 1.82) is 0 Å². The summed E-state index contributed by atoms with van der Waals surface area (Å²) in [5, 5.41) is 20.3. The number of esters is 2. The summed E-state index contributed by atoms with van der Waals surface area (Å²) in [6.45, 7) is 3.98. The van der Waals surface area contributed by atoms with Gasteiger partial charge >= 0.3 is 19.8 Å². The van der Waals surface area contributed by atoms with Crippen LogP contribution in [0.15, 0.2) is 60.8 Å². The molecule has 4 atom stereocenters. The number of aliphatic hydroxyl groups excluding tert-OH is 2. The zero-order chi connectivity index (χ0) is 43.2. The van der Waals surface area contributed by atoms with E-state index in [0.29, 0.717) is 36.7 Å². The summed E-state index contributed by atoms with van der Waals surface area (Å²) in [6, 6.07) is 0. The van der Waals surface area contributed by atoms with Gasteiger partial charge in [0.05, 0.1) is 40.0 Å². The number of rotatable bonds is 39. The first kappa shape index (κ1) is 55.6. The first-order valence-electron chi connectivity index (χ1n) is 22.2. The highest BCUT2D eigenvalue weighted by Gasteiger charge is 2.27. The maximum atomic E-state index is 12.7. The summed E-state index contributed by atoms with van der Waals surface area (Å²) in [5.74, 6) is -1.04. The average molecular weight is 841 g/mol. The summed E-state index contributed by atoms with van der Waals surface area (Å²) >= 11 is 0. The molecule has 12 heteroatoms. The van der Waals surface area contributed by atoms with Crippen LogP contribution in [0.4, 0.5) is 0 Å². The molecule has 11 nitrogen and oxygen atoms in total. The van der Waals surface area contributed by atoms with Gasteiger partial charge in [0.2, 0.25) is 0 Å². The Kier molecular flexibility index (Phi) is 36.1. The molecule has 0 saturated heterocycles. The number of hydrogen-bond donors (Lipinski definition) is 3. The van der Waals surface area contributed by atoms with E-state index in [1.54, 1.807) is 36.5 Å². The lowest BCUT2D eigenvalue weighted by molar-refractivity contribution is -0.870. The van der Waals surface area contributed by atoms with Crippen molar-refractivity contribution in [3.8, 4) is 0 Å². The van der Waals surface area contributed by atoms with Gasteiger partial charge in [-0.3, -0.25) is 18.6 Å². The summed E-state index contributed by atoms with van der Waals surface area (Å²) in [7, 11) is 1.31. The zero-order valence-electron chi connectivity index (χ0n) is 37.0. The van der Waals surface area contributed by atoms with Crippen LogP contribution >= 0.6 is 7.82 Å². The molecule has 0 amide bonds. The van der Waals surface area contributed by atoms with Crippen molar-refractivity contribution in [2.75, 3.05) is 47.5 Å². The Hall–Kier alpha value is -2.37. The number of aliphatic hydroxyl groups is 2. The van der Waals surface area contributed by atoms with Crippen molar-refractivity contribution < 1.29 is 52.3 Å². The second-order valence-electron chi connectivity index (χ2n) is 16.1. The third-order valence-electron chi connectivity index (χ3n) is 9.25. The van der Waals surface area contributed by atoms with Crippen LogP contribution in [-0.2, 0) is 32.7 Å². The molecule has 0 bridgehead atoms. The lowest BCUT2D eigenvalue weighted by Gasteiger charge is -2.24. The number of ether oxygens (including phenoxy) is 2. The number of quaternary nitrogens is 1. The Morgan fingerprint density at radius 3 is 1.74 bits per heavy atom. The summed E-state index contributed by atoms with van der Waals surface area (Å²) in [4.78, 5) is 35.4. The molecule has 0 aliphatic rings. The monoisotopic (exact) mass is 841 g/mol. The molecule has 3 N–H and O–H groups in total. The van der Waals surface area contributed by atoms with E-state index in [0.717, 1.165) is 32.1 Å². The molecule has 0 aromatic rings. The predicted octanol–water partition coefficient (Wildman–Crippen LogP) is 10.4. The van der Waals surface area contributed by atoms with E-state index in [-0.39, 0.29) is 26.1 Å². The number of phosphoric ester groups is 1. The van der Waals surface area contributed by atoms with E-state index in [1.165, 1.54) is 70.6 Å². The summed E-state index contributed by atoms with van der Waals surface area (Å²) in [6.07, 6.45) is 37.6. The van der Waals surface area contributed by atoms with Crippen LogP contribution in [-0.4, -0.2) is 97.3 Å². The molecule has 336 valence electrons. The van der Waals surface area contributed by atoms with Gasteiger partial charge in [0, 0.05) is 12.8 Å². The standard InChI is InChI=1S/C46H82NO10P/c1-6-8-10-12-14-15-16-17-18-19-20-21-22-24-30-36-45(50)54-40-44(41-56-58(52,53)55-39-38-47(3,4)5)57-46(51)37-31-35-43(49)34-29-26-25-28-33-42(48)32-27-23-13-11-9-7-2/h9,11,23,25-29,33-34,42-44,48-49H,6-8,10,12-22,24,30-32,35-41H2,1-5H3/p+1/b11-9-,26-25-,27-23-,33-28+,34-29+. The molecule has 4 unspecified atom stereocenters. The van der Waals surface area contributed by atoms with Crippen molar-refractivity contribution in [1.82, 2.24) is 0 Å². The Balaban J connectivity index is 4.62. The van der Waals surface area contributed by atoms with E-state index < -0.39 is 44.7 Å². The van der Waals surface area contributed by atoms with Crippen LogP contribution in [0, 0.1) is 0 Å². The van der Waals surface area contributed by atoms with Gasteiger partial charge in [-0.25, -0.2) is 4.57 Å². The number of unbranched alkanes of at least 4 members (excludes halogenated alkanes) is 14. The van der Waals surface area contributed by atoms with Gasteiger partial charge < -0.3 is 29.1 Å². The Labute approximate surface area is 352 Å². The van der Waals surface area contributed by atoms with E-state index >= 15 is 0 Å². The molecule has 0 rings (SSSR count). The minimum atomic E-state index is -4.45. The van der Waals surface area contributed by atoms with Crippen molar-refractivity contribution in [2.24, 2.45) is 0 Å². The van der Waals surface area contributed by atoms with Crippen LogP contribution in [0.2, 0.25) is 0 Å². The highest BCUT2D eigenvalue weighted by Crippen LogP contribution is 2.43. The van der Waals surface area contributed by atoms with Gasteiger partial charge in [-0.1, -0.05) is 164 Å². The second kappa shape index (κ2) is 37.6. The fourth-order valence-corrected chi connectivity index (χ4v) is 6.46. The molecular weight excluding hydrogens is 757 g/mol. The van der Waals surface area contributed by atoms with Gasteiger partial charge in [-0.2, -0.15) is 0 Å². The highest BCUT2D eigenvalue weighted by molar-refractivity contribution is 7.47. The quantitative estimate of drug-likeness (QED) is 0.0136. The van der Waals surface area contributed by atoms with Crippen molar-refractivity contribution in [3.63, 3.8) is 0 Å². The molecule has 0 heterocycles. The summed E-state index contributed by atoms with van der Waals surface area (Å²) < 4.78 is 34.1. The van der Waals surface area contributed by atoms with Gasteiger partial charge in [0.15, 0.2) is 6.10 Å². The molecule has 0 spiro atoms. The van der Waals surface area contributed by atoms with E-state index in [9.17, 15) is 29.3 Å². The second-order valence-corrected chi connectivity index (χ2v) is 17.6. The van der Waals surface area contributed by atoms with E-state index in [4.69, 9.17) is 18.5 Å². The summed E-state index contributed by atoms with van der Waals surface area (Å²) in [5.41, 5.74) is 0. The van der Waals surface area contributed by atoms with E-state index in [1.807, 2.05) is 33.3 Å². The van der Waals surface area contributed by atoms with Crippen LogP contribution < -0.4 is 0 Å². The van der Waals surface area contributed by atoms with E-state index in [2.05, 4.69) is 26.0 Å². The third kappa shape index (κ3) is 40.4. The highest BCUT2D eigenvalue weighted by atomic mass is 31.2. The van der Waals surface area contributed by atoms with Crippen molar-refractivity contribution in [2.45, 2.75) is 173 Å². The minimum absolute atomic E-state index is 0.0161. The van der Waals surface area contributed by atoms with Crippen molar-refractivity contribution in [3.05, 3.63) is 60.8 Å². The lowest BCUT2D eigenvalue weighted by atomic mass is 10.0. The van der Waals surface area contributed by atoms with Gasteiger partial charge in [-0.15, -0.1) is 0 Å². The van der Waals surface area contributed by atoms with Gasteiger partial charge in [-0.05, 0) is 38.5 Å². The number of phosphoric acid groups is 1. The Morgan fingerprint density at radius 2 is 1.17 bits per heavy atom. The lowest BCUT2D eigenvalue weighted by Crippen LogP contribution is -2.37. The zero-order valence-corrected chi connectivity index (χ0v) is 37.9. The minimum Gasteiger partial charge on any atom is -0.462 e. The van der Waals surface area contributed by atoms with Crippen LogP contribution in [0.25, 0.3) is 0 Å². The topological polar surface area (TPSA) is 149 Å². The number of nitrogens with zero attached hydrogens (tertiary/aromatic N) is 1. The normalized spacial score (nSPS) is 15.2. The largest absolute Gasteiger partial charge is 0.472 e. The Morgan fingerprint density at radius 1 is 0.638 bits per heavy atom. The molecule has 0 aromatic heterocycles. The maximum absolute atomic E-state index is 12.7. The predicted molar refractivity (Wildman–Crippen MR) is 236 cm³/mol. The van der Waals surface area contributed by atoms with Gasteiger partial charge in [0.25, 0.3) is 0 Å². The smallest absolute Gasteiger partial charge is 0.462 e. The fraction of sp³-hybridized carbons (Fsp3) is 0.739. The average Bonchev–Trinajstić information content (AvgIpc) is 3.16. The number of carbonyl (C=O) groups excluding carboxylic acids is 2. The number of allylic oxidation sites excluding steroid dienone is 7. The first-order chi connectivity index (χ1) is 27.8. The maximum Gasteiger partial charge on any atom is 0.472 e. The molecular formula is C46H83NO10P+. The van der Waals surface area contributed by atoms with Gasteiger partial charge in [0.1, 0.15) is 19.8 Å². The first-order valence-corrected chi connectivity index (χ1v) is 23.7. The van der Waals surface area contributed by atoms with Crippen LogP contribution in [0.5, 0.6) is 0 Å². The SMILES string of the molecule is CC/C=C\C/C=C\CC(O)/C=C/C=C\C=C\C(O)CCCC(=O)OC(COC(=O)CCCCCCCCCCCCCCCCC)COP(=O)(O)OCC[N+](C)(C)C. The Bertz CT molecular complexity index is 1210. The fourth-order valence-electron chi connectivity index (χ4n) is 5.72. The molecule has 0 radical (unpaired) electrons.